The molecule has 0 saturated carbocycles. The van der Waals surface area contributed by atoms with Gasteiger partial charge in [0, 0.05) is 19.5 Å². The van der Waals surface area contributed by atoms with Crippen LogP contribution in [0.25, 0.3) is 0 Å². The number of rotatable bonds is 8. The first-order valence-electron chi connectivity index (χ1n) is 6.96. The van der Waals surface area contributed by atoms with E-state index in [9.17, 15) is 4.79 Å². The molecule has 1 atom stereocenters. The van der Waals surface area contributed by atoms with E-state index in [0.717, 1.165) is 45.7 Å². The van der Waals surface area contributed by atoms with Crippen LogP contribution in [0.3, 0.4) is 0 Å². The average Bonchev–Trinajstić information content (AvgIpc) is 2.80. The summed E-state index contributed by atoms with van der Waals surface area (Å²) in [5.41, 5.74) is 0. The van der Waals surface area contributed by atoms with E-state index in [4.69, 9.17) is 0 Å². The maximum absolute atomic E-state index is 11.7. The fraction of sp³-hybridized carbons (Fsp3) is 0.923. The first-order valence-corrected chi connectivity index (χ1v) is 6.96. The Morgan fingerprint density at radius 2 is 2.05 bits per heavy atom. The smallest absolute Gasteiger partial charge is 0.220 e. The van der Waals surface area contributed by atoms with Gasteiger partial charge in [0.1, 0.15) is 0 Å². The molecule has 2 N–H and O–H groups in total. The van der Waals surface area contributed by atoms with Crippen LogP contribution < -0.4 is 10.6 Å². The highest BCUT2D eigenvalue weighted by atomic mass is 35.5. The standard InChI is InChI=1S/C13H27N3O.2ClH/c1-3-8-16(4-2)9-7-15-13(17)10-12-5-6-14-11-12;;/h12,14H,3-11H2,1-2H3,(H,15,17);2*1H. The SMILES string of the molecule is CCCN(CC)CCNC(=O)CC1CCNC1.Cl.Cl. The van der Waals surface area contributed by atoms with Crippen molar-refractivity contribution in [1.29, 1.82) is 0 Å². The summed E-state index contributed by atoms with van der Waals surface area (Å²) < 4.78 is 0. The summed E-state index contributed by atoms with van der Waals surface area (Å²) in [7, 11) is 0. The first-order chi connectivity index (χ1) is 8.26. The zero-order valence-electron chi connectivity index (χ0n) is 12.1. The van der Waals surface area contributed by atoms with Crippen LogP contribution in [0.5, 0.6) is 0 Å². The van der Waals surface area contributed by atoms with Crippen LogP contribution in [0.2, 0.25) is 0 Å². The molecule has 6 heteroatoms. The molecule has 0 radical (unpaired) electrons. The number of carbonyl (C=O) groups excluding carboxylic acids is 1. The Balaban J connectivity index is 0. The highest BCUT2D eigenvalue weighted by molar-refractivity contribution is 5.85. The molecule has 1 unspecified atom stereocenters. The lowest BCUT2D eigenvalue weighted by Crippen LogP contribution is -2.36. The molecule has 1 aliphatic heterocycles. The molecule has 116 valence electrons. The lowest BCUT2D eigenvalue weighted by atomic mass is 10.0. The highest BCUT2D eigenvalue weighted by Crippen LogP contribution is 2.11. The van der Waals surface area contributed by atoms with Gasteiger partial charge in [-0.2, -0.15) is 0 Å². The van der Waals surface area contributed by atoms with Crippen molar-refractivity contribution in [3.63, 3.8) is 0 Å². The fourth-order valence-corrected chi connectivity index (χ4v) is 2.32. The van der Waals surface area contributed by atoms with Gasteiger partial charge < -0.3 is 15.5 Å². The van der Waals surface area contributed by atoms with Crippen molar-refractivity contribution in [2.75, 3.05) is 39.3 Å². The molecule has 4 nitrogen and oxygen atoms in total. The number of nitrogens with one attached hydrogen (secondary N) is 2. The normalized spacial score (nSPS) is 17.7. The first kappa shape index (κ1) is 21.3. The molecule has 0 aromatic rings. The van der Waals surface area contributed by atoms with Crippen LogP contribution in [0.4, 0.5) is 0 Å². The monoisotopic (exact) mass is 313 g/mol. The molecular formula is C13H29Cl2N3O. The quantitative estimate of drug-likeness (QED) is 0.716. The highest BCUT2D eigenvalue weighted by Gasteiger charge is 2.17. The summed E-state index contributed by atoms with van der Waals surface area (Å²) in [6.45, 7) is 10.4. The number of likely N-dealkylation sites (N-methyl/N-ethyl adjacent to an activating group) is 1. The summed E-state index contributed by atoms with van der Waals surface area (Å²) in [4.78, 5) is 14.0. The molecule has 0 aromatic heterocycles. The van der Waals surface area contributed by atoms with E-state index in [2.05, 4.69) is 29.4 Å². The minimum absolute atomic E-state index is 0. The largest absolute Gasteiger partial charge is 0.355 e. The molecule has 19 heavy (non-hydrogen) atoms. The van der Waals surface area contributed by atoms with E-state index in [1.807, 2.05) is 0 Å². The zero-order valence-corrected chi connectivity index (χ0v) is 13.7. The molecule has 0 aromatic carbocycles. The van der Waals surface area contributed by atoms with E-state index >= 15 is 0 Å². The van der Waals surface area contributed by atoms with Gasteiger partial charge in [-0.15, -0.1) is 24.8 Å². The molecule has 1 heterocycles. The third-order valence-corrected chi connectivity index (χ3v) is 3.37. The van der Waals surface area contributed by atoms with Crippen molar-refractivity contribution in [2.45, 2.75) is 33.1 Å². The second-order valence-electron chi connectivity index (χ2n) is 4.85. The molecule has 1 aliphatic rings. The third kappa shape index (κ3) is 9.50. The third-order valence-electron chi connectivity index (χ3n) is 3.37. The Morgan fingerprint density at radius 3 is 2.58 bits per heavy atom. The van der Waals surface area contributed by atoms with Crippen LogP contribution in [-0.2, 0) is 4.79 Å². The van der Waals surface area contributed by atoms with E-state index in [1.54, 1.807) is 0 Å². The van der Waals surface area contributed by atoms with Crippen molar-refractivity contribution in [1.82, 2.24) is 15.5 Å². The number of nitrogens with zero attached hydrogens (tertiary/aromatic N) is 1. The summed E-state index contributed by atoms with van der Waals surface area (Å²) in [5.74, 6) is 0.763. The summed E-state index contributed by atoms with van der Waals surface area (Å²) in [6, 6.07) is 0. The molecule has 0 aliphatic carbocycles. The van der Waals surface area contributed by atoms with E-state index in [1.165, 1.54) is 6.42 Å². The van der Waals surface area contributed by atoms with Crippen molar-refractivity contribution in [3.8, 4) is 0 Å². The van der Waals surface area contributed by atoms with Crippen molar-refractivity contribution >= 4 is 30.7 Å². The van der Waals surface area contributed by atoms with Crippen molar-refractivity contribution in [2.24, 2.45) is 5.92 Å². The van der Waals surface area contributed by atoms with Gasteiger partial charge in [-0.3, -0.25) is 4.79 Å². The van der Waals surface area contributed by atoms with E-state index < -0.39 is 0 Å². The number of carbonyl (C=O) groups is 1. The van der Waals surface area contributed by atoms with Gasteiger partial charge in [-0.1, -0.05) is 13.8 Å². The van der Waals surface area contributed by atoms with Crippen molar-refractivity contribution in [3.05, 3.63) is 0 Å². The Hall–Kier alpha value is -0.0300. The minimum atomic E-state index is 0. The second kappa shape index (κ2) is 13.0. The Kier molecular flexibility index (Phi) is 14.5. The van der Waals surface area contributed by atoms with Gasteiger partial charge >= 0.3 is 0 Å². The van der Waals surface area contributed by atoms with Crippen LogP contribution in [-0.4, -0.2) is 50.1 Å². The second-order valence-corrected chi connectivity index (χ2v) is 4.85. The lowest BCUT2D eigenvalue weighted by Gasteiger charge is -2.19. The van der Waals surface area contributed by atoms with E-state index in [0.29, 0.717) is 12.3 Å². The number of amides is 1. The van der Waals surface area contributed by atoms with Crippen LogP contribution in [0, 0.1) is 5.92 Å². The Morgan fingerprint density at radius 1 is 1.32 bits per heavy atom. The fourth-order valence-electron chi connectivity index (χ4n) is 2.32. The number of hydrogen-bond acceptors (Lipinski definition) is 3. The van der Waals surface area contributed by atoms with E-state index in [-0.39, 0.29) is 30.7 Å². The predicted octanol–water partition coefficient (Wildman–Crippen LogP) is 1.68. The topological polar surface area (TPSA) is 44.4 Å². The molecule has 0 spiro atoms. The van der Waals surface area contributed by atoms with Gasteiger partial charge in [0.2, 0.25) is 5.91 Å². The molecule has 1 rings (SSSR count). The molecule has 1 amide bonds. The number of halogens is 2. The Labute approximate surface area is 129 Å². The molecule has 1 fully saturated rings. The maximum atomic E-state index is 11.7. The van der Waals surface area contributed by atoms with Gasteiger partial charge in [0.05, 0.1) is 0 Å². The maximum Gasteiger partial charge on any atom is 0.220 e. The average molecular weight is 314 g/mol. The minimum Gasteiger partial charge on any atom is -0.355 e. The van der Waals surface area contributed by atoms with Crippen molar-refractivity contribution < 1.29 is 4.79 Å². The van der Waals surface area contributed by atoms with Crippen LogP contribution >= 0.6 is 24.8 Å². The van der Waals surface area contributed by atoms with Crippen LogP contribution in [0.15, 0.2) is 0 Å². The van der Waals surface area contributed by atoms with Gasteiger partial charge in [0.25, 0.3) is 0 Å². The van der Waals surface area contributed by atoms with Gasteiger partial charge in [0.15, 0.2) is 0 Å². The predicted molar refractivity (Wildman–Crippen MR) is 85.5 cm³/mol. The molecule has 0 bridgehead atoms. The van der Waals surface area contributed by atoms with Gasteiger partial charge in [-0.05, 0) is 44.9 Å². The van der Waals surface area contributed by atoms with Crippen LogP contribution in [0.1, 0.15) is 33.1 Å². The number of hydrogen-bond donors (Lipinski definition) is 2. The zero-order chi connectivity index (χ0) is 12.5. The molecular weight excluding hydrogens is 285 g/mol. The Bertz CT molecular complexity index is 224. The summed E-state index contributed by atoms with van der Waals surface area (Å²) in [6.07, 6.45) is 3.01. The lowest BCUT2D eigenvalue weighted by molar-refractivity contribution is -0.121. The summed E-state index contributed by atoms with van der Waals surface area (Å²) in [5, 5.41) is 6.31. The molecule has 1 saturated heterocycles. The summed E-state index contributed by atoms with van der Waals surface area (Å²) >= 11 is 0. The van der Waals surface area contributed by atoms with Gasteiger partial charge in [-0.25, -0.2) is 0 Å².